The van der Waals surface area contributed by atoms with Crippen molar-refractivity contribution in [3.63, 3.8) is 0 Å². The molecule has 0 aliphatic carbocycles. The van der Waals surface area contributed by atoms with E-state index in [2.05, 4.69) is 49.1 Å². The van der Waals surface area contributed by atoms with E-state index in [-0.39, 0.29) is 0 Å². The lowest BCUT2D eigenvalue weighted by Crippen LogP contribution is -2.17. The summed E-state index contributed by atoms with van der Waals surface area (Å²) in [5.74, 6) is 0. The lowest BCUT2D eigenvalue weighted by atomic mass is 10.1. The van der Waals surface area contributed by atoms with Gasteiger partial charge in [-0.25, -0.2) is 0 Å². The second-order valence-corrected chi connectivity index (χ2v) is 5.54. The highest BCUT2D eigenvalue weighted by molar-refractivity contribution is 6.30. The molecule has 0 fully saturated rings. The second-order valence-electron chi connectivity index (χ2n) is 5.18. The van der Waals surface area contributed by atoms with Gasteiger partial charge in [0.2, 0.25) is 0 Å². The number of hydrogen-bond acceptors (Lipinski definition) is 2. The molecule has 0 aliphatic rings. The fraction of sp³-hybridized carbons (Fsp3) is 0.400. The van der Waals surface area contributed by atoms with Crippen molar-refractivity contribution in [3.8, 4) is 0 Å². The summed E-state index contributed by atoms with van der Waals surface area (Å²) in [5, 5.41) is 5.07. The van der Waals surface area contributed by atoms with Crippen molar-refractivity contribution in [1.82, 2.24) is 9.78 Å². The van der Waals surface area contributed by atoms with Gasteiger partial charge in [0.05, 0.1) is 5.69 Å². The van der Waals surface area contributed by atoms with E-state index in [0.29, 0.717) is 5.15 Å². The van der Waals surface area contributed by atoms with Crippen LogP contribution < -0.4 is 4.90 Å². The molecule has 0 saturated carbocycles. The van der Waals surface area contributed by atoms with Crippen LogP contribution in [0.25, 0.3) is 0 Å². The van der Waals surface area contributed by atoms with Gasteiger partial charge in [0.15, 0.2) is 0 Å². The zero-order chi connectivity index (χ0) is 14.2. The van der Waals surface area contributed by atoms with Gasteiger partial charge >= 0.3 is 0 Å². The third-order valence-corrected chi connectivity index (χ3v) is 3.79. The van der Waals surface area contributed by atoms with Crippen molar-refractivity contribution in [1.29, 1.82) is 0 Å². The average molecular weight is 278 g/mol. The van der Waals surface area contributed by atoms with Gasteiger partial charge in [-0.3, -0.25) is 4.68 Å². The SMILES string of the molecule is Cc1cc(C)cc(N(C)Cc2c(C)nn(C)c2Cl)c1. The van der Waals surface area contributed by atoms with Crippen molar-refractivity contribution in [2.45, 2.75) is 27.3 Å². The first-order valence-corrected chi connectivity index (χ1v) is 6.73. The Kier molecular flexibility index (Phi) is 3.85. The molecular formula is C15H20ClN3. The van der Waals surface area contributed by atoms with Gasteiger partial charge in [-0.15, -0.1) is 0 Å². The number of anilines is 1. The smallest absolute Gasteiger partial charge is 0.131 e. The largest absolute Gasteiger partial charge is 0.370 e. The molecular weight excluding hydrogens is 258 g/mol. The zero-order valence-corrected chi connectivity index (χ0v) is 12.9. The topological polar surface area (TPSA) is 21.1 Å². The molecule has 0 unspecified atom stereocenters. The Hall–Kier alpha value is -1.48. The molecule has 0 amide bonds. The van der Waals surface area contributed by atoms with Gasteiger partial charge in [0.1, 0.15) is 5.15 Å². The minimum atomic E-state index is 0.716. The summed E-state index contributed by atoms with van der Waals surface area (Å²) in [6, 6.07) is 6.55. The zero-order valence-electron chi connectivity index (χ0n) is 12.2. The molecule has 0 bridgehead atoms. The van der Waals surface area contributed by atoms with Crippen LogP contribution in [0.2, 0.25) is 5.15 Å². The quantitative estimate of drug-likeness (QED) is 0.854. The average Bonchev–Trinajstić information content (AvgIpc) is 2.54. The summed E-state index contributed by atoms with van der Waals surface area (Å²) in [6.07, 6.45) is 0. The number of benzene rings is 1. The van der Waals surface area contributed by atoms with Crippen molar-refractivity contribution in [2.75, 3.05) is 11.9 Å². The van der Waals surface area contributed by atoms with Crippen LogP contribution in [-0.2, 0) is 13.6 Å². The summed E-state index contributed by atoms with van der Waals surface area (Å²) in [7, 11) is 3.95. The third kappa shape index (κ3) is 2.92. The van der Waals surface area contributed by atoms with Crippen molar-refractivity contribution in [2.24, 2.45) is 7.05 Å². The Balaban J connectivity index is 2.27. The van der Waals surface area contributed by atoms with E-state index < -0.39 is 0 Å². The van der Waals surface area contributed by atoms with Crippen LogP contribution in [0.4, 0.5) is 5.69 Å². The molecule has 2 rings (SSSR count). The summed E-state index contributed by atoms with van der Waals surface area (Å²) in [6.45, 7) is 7.00. The molecule has 19 heavy (non-hydrogen) atoms. The molecule has 0 radical (unpaired) electrons. The number of halogens is 1. The van der Waals surface area contributed by atoms with Crippen molar-refractivity contribution >= 4 is 17.3 Å². The van der Waals surface area contributed by atoms with Gasteiger partial charge in [-0.05, 0) is 44.0 Å². The van der Waals surface area contributed by atoms with Crippen LogP contribution in [0, 0.1) is 20.8 Å². The molecule has 2 aromatic rings. The van der Waals surface area contributed by atoms with Crippen molar-refractivity contribution in [3.05, 3.63) is 45.7 Å². The Bertz CT molecular complexity index is 581. The Morgan fingerprint density at radius 1 is 1.16 bits per heavy atom. The van der Waals surface area contributed by atoms with E-state index in [1.54, 1.807) is 4.68 Å². The Morgan fingerprint density at radius 3 is 2.21 bits per heavy atom. The first kappa shape index (κ1) is 13.9. The number of aromatic nitrogens is 2. The summed E-state index contributed by atoms with van der Waals surface area (Å²) < 4.78 is 1.72. The van der Waals surface area contributed by atoms with E-state index in [1.165, 1.54) is 16.8 Å². The number of rotatable bonds is 3. The van der Waals surface area contributed by atoms with E-state index >= 15 is 0 Å². The highest BCUT2D eigenvalue weighted by Gasteiger charge is 2.13. The standard InChI is InChI=1S/C15H20ClN3/c1-10-6-11(2)8-13(7-10)18(4)9-14-12(3)17-19(5)15(14)16/h6-8H,9H2,1-5H3. The Labute approximate surface area is 119 Å². The molecule has 0 spiro atoms. The van der Waals surface area contributed by atoms with E-state index in [4.69, 9.17) is 11.6 Å². The number of hydrogen-bond donors (Lipinski definition) is 0. The number of nitrogens with zero attached hydrogens (tertiary/aromatic N) is 3. The minimum Gasteiger partial charge on any atom is -0.370 e. The maximum absolute atomic E-state index is 6.28. The first-order chi connectivity index (χ1) is 8.88. The molecule has 0 aliphatic heterocycles. The molecule has 0 atom stereocenters. The maximum atomic E-state index is 6.28. The highest BCUT2D eigenvalue weighted by Crippen LogP contribution is 2.24. The van der Waals surface area contributed by atoms with Gasteiger partial charge in [0.25, 0.3) is 0 Å². The molecule has 1 heterocycles. The molecule has 1 aromatic heterocycles. The molecule has 0 N–H and O–H groups in total. The molecule has 0 saturated heterocycles. The van der Waals surface area contributed by atoms with Crippen molar-refractivity contribution < 1.29 is 0 Å². The van der Waals surface area contributed by atoms with Gasteiger partial charge in [-0.1, -0.05) is 17.7 Å². The first-order valence-electron chi connectivity index (χ1n) is 6.36. The normalized spacial score (nSPS) is 10.8. The third-order valence-electron chi connectivity index (χ3n) is 3.31. The lowest BCUT2D eigenvalue weighted by Gasteiger charge is -2.20. The summed E-state index contributed by atoms with van der Waals surface area (Å²) >= 11 is 6.28. The molecule has 102 valence electrons. The predicted octanol–water partition coefficient (Wildman–Crippen LogP) is 3.64. The monoisotopic (exact) mass is 277 g/mol. The van der Waals surface area contributed by atoms with E-state index in [9.17, 15) is 0 Å². The molecule has 1 aromatic carbocycles. The molecule has 4 heteroatoms. The van der Waals surface area contributed by atoms with Crippen LogP contribution in [0.5, 0.6) is 0 Å². The summed E-state index contributed by atoms with van der Waals surface area (Å²) in [4.78, 5) is 2.20. The van der Waals surface area contributed by atoms with Gasteiger partial charge in [-0.2, -0.15) is 5.10 Å². The van der Waals surface area contributed by atoms with Crippen LogP contribution in [0.15, 0.2) is 18.2 Å². The minimum absolute atomic E-state index is 0.716. The van der Waals surface area contributed by atoms with Gasteiger partial charge in [0, 0.05) is 31.9 Å². The Morgan fingerprint density at radius 2 is 1.74 bits per heavy atom. The van der Waals surface area contributed by atoms with E-state index in [1.807, 2.05) is 14.0 Å². The lowest BCUT2D eigenvalue weighted by molar-refractivity contribution is 0.757. The predicted molar refractivity (Wildman–Crippen MR) is 81.0 cm³/mol. The van der Waals surface area contributed by atoms with Crippen LogP contribution in [-0.4, -0.2) is 16.8 Å². The van der Waals surface area contributed by atoms with E-state index in [0.717, 1.165) is 17.8 Å². The fourth-order valence-electron chi connectivity index (χ4n) is 2.35. The summed E-state index contributed by atoms with van der Waals surface area (Å²) in [5.41, 5.74) is 5.83. The second kappa shape index (κ2) is 5.25. The fourth-order valence-corrected chi connectivity index (χ4v) is 2.59. The van der Waals surface area contributed by atoms with Crippen LogP contribution in [0.3, 0.4) is 0 Å². The van der Waals surface area contributed by atoms with Crippen LogP contribution >= 0.6 is 11.6 Å². The van der Waals surface area contributed by atoms with Crippen LogP contribution in [0.1, 0.15) is 22.4 Å². The number of aryl methyl sites for hydroxylation is 4. The highest BCUT2D eigenvalue weighted by atomic mass is 35.5. The molecule has 3 nitrogen and oxygen atoms in total. The van der Waals surface area contributed by atoms with Gasteiger partial charge < -0.3 is 4.90 Å². The maximum Gasteiger partial charge on any atom is 0.131 e.